The molecule has 44 heavy (non-hydrogen) atoms. The molecule has 0 fully saturated rings. The number of hydrogen-bond donors (Lipinski definition) is 2. The first-order valence-corrected chi connectivity index (χ1v) is 20.2. The fraction of sp³-hybridized carbons (Fsp3) is 0.154. The molecule has 0 unspecified atom stereocenters. The van der Waals surface area contributed by atoms with Crippen molar-refractivity contribution in [3.63, 3.8) is 0 Å². The van der Waals surface area contributed by atoms with Crippen LogP contribution in [0.4, 0.5) is 11.8 Å². The topological polar surface area (TPSA) is 144 Å². The van der Waals surface area contributed by atoms with Gasteiger partial charge in [0, 0.05) is 29.3 Å². The van der Waals surface area contributed by atoms with Crippen LogP contribution in [0.25, 0.3) is 19.5 Å². The van der Waals surface area contributed by atoms with E-state index in [1.54, 1.807) is 48.7 Å². The summed E-state index contributed by atoms with van der Waals surface area (Å²) in [5.41, 5.74) is 1.16. The van der Waals surface area contributed by atoms with Gasteiger partial charge in [-0.2, -0.15) is 0 Å². The largest absolute Gasteiger partial charge is 0.336 e. The molecule has 0 saturated heterocycles. The number of rotatable bonds is 8. The summed E-state index contributed by atoms with van der Waals surface area (Å²) in [7, 11) is -7.39. The van der Waals surface area contributed by atoms with Crippen molar-refractivity contribution < 1.29 is 25.9 Å². The van der Waals surface area contributed by atoms with Gasteiger partial charge in [-0.25, -0.2) is 26.3 Å². The zero-order valence-electron chi connectivity index (χ0n) is 23.2. The van der Waals surface area contributed by atoms with Crippen LogP contribution in [0.5, 0.6) is 0 Å². The lowest BCUT2D eigenvalue weighted by molar-refractivity contribution is 0.430. The smallest absolute Gasteiger partial charge is 0.273 e. The summed E-state index contributed by atoms with van der Waals surface area (Å²) in [6, 6.07) is 14.8. The maximum atomic E-state index is 12.4. The fourth-order valence-corrected chi connectivity index (χ4v) is 10.8. The Morgan fingerprint density at radius 3 is 1.20 bits per heavy atom. The molecular weight excluding hydrogens is 817 g/mol. The molecule has 6 aromatic heterocycles. The van der Waals surface area contributed by atoms with E-state index < -0.39 is 20.0 Å². The number of nitrogens with one attached hydrogen (secondary N) is 2. The molecule has 0 aliphatic rings. The van der Waals surface area contributed by atoms with Gasteiger partial charge in [-0.1, -0.05) is 10.3 Å². The summed E-state index contributed by atoms with van der Waals surface area (Å²) < 4.78 is 65.8. The van der Waals surface area contributed by atoms with Crippen LogP contribution in [0, 0.1) is 27.7 Å². The average molecular weight is 839 g/mol. The summed E-state index contributed by atoms with van der Waals surface area (Å²) in [5.74, 6) is 0.166. The highest BCUT2D eigenvalue weighted by Gasteiger charge is 2.23. The van der Waals surface area contributed by atoms with Crippen molar-refractivity contribution in [2.75, 3.05) is 9.44 Å². The third-order valence-electron chi connectivity index (χ3n) is 5.69. The van der Waals surface area contributed by atoms with Crippen molar-refractivity contribution in [1.82, 2.24) is 10.3 Å². The van der Waals surface area contributed by atoms with Gasteiger partial charge in [0.25, 0.3) is 31.8 Å². The Kier molecular flexibility index (Phi) is 9.91. The Hall–Kier alpha value is -2.32. The summed E-state index contributed by atoms with van der Waals surface area (Å²) in [4.78, 5) is 6.33. The van der Waals surface area contributed by atoms with Gasteiger partial charge in [0.2, 0.25) is 0 Å². The van der Waals surface area contributed by atoms with Crippen LogP contribution in [0.3, 0.4) is 0 Å². The first-order valence-electron chi connectivity index (χ1n) is 12.4. The standard InChI is InChI=1S/2C13H11BrN2O3S3/c2*1-7-3-4-9(20-7)10-5-6-11(21-10)22(17,18)16-13-12(14)8(2)15-19-13/h2*3-6,16H,1-2H3. The van der Waals surface area contributed by atoms with Crippen molar-refractivity contribution in [2.24, 2.45) is 0 Å². The number of halogens is 2. The molecule has 0 aliphatic carbocycles. The van der Waals surface area contributed by atoms with Gasteiger partial charge >= 0.3 is 0 Å². The minimum absolute atomic E-state index is 0.0828. The number of hydrogen-bond acceptors (Lipinski definition) is 12. The Morgan fingerprint density at radius 1 is 0.568 bits per heavy atom. The highest BCUT2D eigenvalue weighted by Crippen LogP contribution is 2.38. The first kappa shape index (κ1) is 33.1. The Morgan fingerprint density at radius 2 is 0.909 bits per heavy atom. The molecule has 0 atom stereocenters. The van der Waals surface area contributed by atoms with Crippen LogP contribution in [0.2, 0.25) is 0 Å². The molecular formula is C26H22Br2N4O6S6. The quantitative estimate of drug-likeness (QED) is 0.154. The van der Waals surface area contributed by atoms with Crippen LogP contribution in [0.15, 0.2) is 74.9 Å². The van der Waals surface area contributed by atoms with E-state index in [1.807, 2.05) is 50.2 Å². The maximum Gasteiger partial charge on any atom is 0.273 e. The van der Waals surface area contributed by atoms with Crippen LogP contribution < -0.4 is 9.44 Å². The highest BCUT2D eigenvalue weighted by atomic mass is 79.9. The van der Waals surface area contributed by atoms with Gasteiger partial charge in [-0.15, -0.1) is 45.3 Å². The van der Waals surface area contributed by atoms with E-state index in [4.69, 9.17) is 9.05 Å². The van der Waals surface area contributed by atoms with Crippen molar-refractivity contribution >= 4 is 109 Å². The molecule has 0 amide bonds. The van der Waals surface area contributed by atoms with Gasteiger partial charge in [-0.05, 0) is 108 Å². The van der Waals surface area contributed by atoms with Crippen LogP contribution >= 0.6 is 77.2 Å². The zero-order chi connectivity index (χ0) is 31.8. The Bertz CT molecular complexity index is 2000. The lowest BCUT2D eigenvalue weighted by atomic mass is 10.4. The predicted molar refractivity (Wildman–Crippen MR) is 184 cm³/mol. The second-order valence-electron chi connectivity index (χ2n) is 9.09. The highest BCUT2D eigenvalue weighted by molar-refractivity contribution is 9.11. The van der Waals surface area contributed by atoms with Crippen molar-refractivity contribution in [1.29, 1.82) is 0 Å². The predicted octanol–water partition coefficient (Wildman–Crippen LogP) is 9.29. The Balaban J connectivity index is 0.000000175. The third kappa shape index (κ3) is 7.38. The molecule has 6 heterocycles. The van der Waals surface area contributed by atoms with E-state index in [1.165, 1.54) is 32.4 Å². The normalized spacial score (nSPS) is 11.8. The molecule has 0 spiro atoms. The lowest BCUT2D eigenvalue weighted by Crippen LogP contribution is -2.11. The average Bonchev–Trinajstić information content (AvgIpc) is 3.80. The molecule has 10 nitrogen and oxygen atoms in total. The van der Waals surface area contributed by atoms with E-state index in [-0.39, 0.29) is 20.2 Å². The number of anilines is 2. The second-order valence-corrected chi connectivity index (χ2v) is 19.2. The second kappa shape index (κ2) is 13.2. The number of aryl methyl sites for hydroxylation is 4. The zero-order valence-corrected chi connectivity index (χ0v) is 31.2. The number of aromatic nitrogens is 2. The third-order valence-corrected chi connectivity index (χ3v) is 15.8. The molecule has 0 bridgehead atoms. The number of nitrogens with zero attached hydrogens (tertiary/aromatic N) is 2. The molecule has 18 heteroatoms. The summed E-state index contributed by atoms with van der Waals surface area (Å²) >= 11 is 12.2. The first-order chi connectivity index (χ1) is 20.7. The van der Waals surface area contributed by atoms with Crippen molar-refractivity contribution in [3.8, 4) is 19.5 Å². The monoisotopic (exact) mass is 836 g/mol. The molecule has 0 saturated carbocycles. The Labute approximate surface area is 286 Å². The van der Waals surface area contributed by atoms with E-state index in [0.717, 1.165) is 19.5 Å². The van der Waals surface area contributed by atoms with Crippen LogP contribution in [-0.2, 0) is 20.0 Å². The molecule has 6 aromatic rings. The van der Waals surface area contributed by atoms with Crippen molar-refractivity contribution in [2.45, 2.75) is 36.1 Å². The SMILES string of the molecule is Cc1ccc(-c2ccc(S(=O)(=O)Nc3onc(C)c3Br)s2)s1.Cc1ccc(-c2ccc(S(=O)(=O)Nc3onc(C)c3Br)s2)s1. The van der Waals surface area contributed by atoms with Gasteiger partial charge in [-0.3, -0.25) is 0 Å². The van der Waals surface area contributed by atoms with Crippen LogP contribution in [0.1, 0.15) is 21.1 Å². The summed E-state index contributed by atoms with van der Waals surface area (Å²) in [6.07, 6.45) is 0. The van der Waals surface area contributed by atoms with Crippen molar-refractivity contribution in [3.05, 3.63) is 78.6 Å². The van der Waals surface area contributed by atoms with Gasteiger partial charge in [0.15, 0.2) is 0 Å². The van der Waals surface area contributed by atoms with Gasteiger partial charge < -0.3 is 9.05 Å². The molecule has 232 valence electrons. The number of sulfonamides is 2. The molecule has 2 N–H and O–H groups in total. The lowest BCUT2D eigenvalue weighted by Gasteiger charge is -2.02. The number of thiophene rings is 4. The van der Waals surface area contributed by atoms with E-state index in [2.05, 4.69) is 51.6 Å². The van der Waals surface area contributed by atoms with Crippen LogP contribution in [-0.4, -0.2) is 27.1 Å². The molecule has 6 rings (SSSR count). The van der Waals surface area contributed by atoms with E-state index >= 15 is 0 Å². The van der Waals surface area contributed by atoms with Gasteiger partial charge in [0.1, 0.15) is 17.4 Å². The van der Waals surface area contributed by atoms with Gasteiger partial charge in [0.05, 0.1) is 11.4 Å². The minimum Gasteiger partial charge on any atom is -0.336 e. The summed E-state index contributed by atoms with van der Waals surface area (Å²) in [5, 5.41) is 7.41. The minimum atomic E-state index is -3.69. The maximum absolute atomic E-state index is 12.4. The van der Waals surface area contributed by atoms with E-state index in [0.29, 0.717) is 20.3 Å². The fourth-order valence-electron chi connectivity index (χ4n) is 3.52. The van der Waals surface area contributed by atoms with E-state index in [9.17, 15) is 16.8 Å². The molecule has 0 aliphatic heterocycles. The molecule has 0 aromatic carbocycles. The molecule has 0 radical (unpaired) electrons. The summed E-state index contributed by atoms with van der Waals surface area (Å²) in [6.45, 7) is 7.47.